The molecule has 0 radical (unpaired) electrons. The summed E-state index contributed by atoms with van der Waals surface area (Å²) in [4.78, 5) is 8.47. The van der Waals surface area contributed by atoms with Gasteiger partial charge < -0.3 is 5.32 Å². The molecule has 1 aromatic heterocycles. The van der Waals surface area contributed by atoms with E-state index in [0.29, 0.717) is 5.88 Å². The van der Waals surface area contributed by atoms with Crippen molar-refractivity contribution in [1.29, 1.82) is 0 Å². The van der Waals surface area contributed by atoms with E-state index in [4.69, 9.17) is 11.6 Å². The minimum Gasteiger partial charge on any atom is -0.362 e. The molecule has 0 aliphatic heterocycles. The fraction of sp³-hybridized carbons (Fsp3) is 0.636. The van der Waals surface area contributed by atoms with Crippen LogP contribution in [0, 0.1) is 6.92 Å². The summed E-state index contributed by atoms with van der Waals surface area (Å²) >= 11 is 6.02. The van der Waals surface area contributed by atoms with Crippen LogP contribution < -0.4 is 5.32 Å². The third-order valence-electron chi connectivity index (χ3n) is 2.87. The molecule has 0 bridgehead atoms. The Morgan fingerprint density at radius 2 is 1.87 bits per heavy atom. The third kappa shape index (κ3) is 2.81. The van der Waals surface area contributed by atoms with E-state index in [2.05, 4.69) is 29.1 Å². The van der Waals surface area contributed by atoms with Crippen LogP contribution in [0.3, 0.4) is 0 Å². The van der Waals surface area contributed by atoms with Gasteiger partial charge in [0.2, 0.25) is 0 Å². The monoisotopic (exact) mass is 227 g/mol. The van der Waals surface area contributed by atoms with Crippen molar-refractivity contribution in [2.24, 2.45) is 0 Å². The molecule has 1 N–H and O–H groups in total. The molecular weight excluding hydrogens is 210 g/mol. The van der Waals surface area contributed by atoms with E-state index >= 15 is 0 Å². The molecule has 0 aliphatic carbocycles. The molecule has 0 unspecified atom stereocenters. The standard InChI is InChI=1S/C11H18ClN3/c1-4-11(5-2,8-12)15-10-9(3)13-6-7-14-10/h6-7H,4-5,8H2,1-3H3,(H,14,15). The smallest absolute Gasteiger partial charge is 0.147 e. The van der Waals surface area contributed by atoms with Gasteiger partial charge in [-0.1, -0.05) is 13.8 Å². The lowest BCUT2D eigenvalue weighted by atomic mass is 9.95. The van der Waals surface area contributed by atoms with Gasteiger partial charge in [-0.3, -0.25) is 4.98 Å². The van der Waals surface area contributed by atoms with Gasteiger partial charge in [-0.05, 0) is 19.8 Å². The van der Waals surface area contributed by atoms with Crippen molar-refractivity contribution >= 4 is 17.4 Å². The second-order valence-corrected chi connectivity index (χ2v) is 4.00. The van der Waals surface area contributed by atoms with Crippen molar-refractivity contribution in [1.82, 2.24) is 9.97 Å². The Morgan fingerprint density at radius 3 is 2.33 bits per heavy atom. The maximum Gasteiger partial charge on any atom is 0.147 e. The molecule has 0 saturated carbocycles. The Morgan fingerprint density at radius 1 is 1.27 bits per heavy atom. The highest BCUT2D eigenvalue weighted by molar-refractivity contribution is 6.18. The van der Waals surface area contributed by atoms with Crippen LogP contribution in [0.1, 0.15) is 32.4 Å². The molecule has 0 saturated heterocycles. The Bertz CT molecular complexity index is 302. The molecule has 3 nitrogen and oxygen atoms in total. The molecule has 84 valence electrons. The number of rotatable bonds is 5. The zero-order chi connectivity index (χ0) is 11.3. The highest BCUT2D eigenvalue weighted by Gasteiger charge is 2.25. The fourth-order valence-corrected chi connectivity index (χ4v) is 1.88. The first-order chi connectivity index (χ1) is 7.17. The molecular formula is C11H18ClN3. The number of nitrogens with zero attached hydrogens (tertiary/aromatic N) is 2. The first-order valence-electron chi connectivity index (χ1n) is 5.29. The number of halogens is 1. The Hall–Kier alpha value is -0.830. The van der Waals surface area contributed by atoms with Crippen molar-refractivity contribution < 1.29 is 0 Å². The lowest BCUT2D eigenvalue weighted by Gasteiger charge is -2.31. The van der Waals surface area contributed by atoms with Gasteiger partial charge >= 0.3 is 0 Å². The van der Waals surface area contributed by atoms with Gasteiger partial charge in [0.25, 0.3) is 0 Å². The molecule has 1 rings (SSSR count). The predicted molar refractivity (Wildman–Crippen MR) is 64.4 cm³/mol. The van der Waals surface area contributed by atoms with Crippen LogP contribution in [-0.2, 0) is 0 Å². The summed E-state index contributed by atoms with van der Waals surface area (Å²) in [6.45, 7) is 6.20. The number of hydrogen-bond acceptors (Lipinski definition) is 3. The van der Waals surface area contributed by atoms with Crippen molar-refractivity contribution in [2.75, 3.05) is 11.2 Å². The summed E-state index contributed by atoms with van der Waals surface area (Å²) in [5, 5.41) is 3.40. The average Bonchev–Trinajstić information content (AvgIpc) is 2.29. The SMILES string of the molecule is CCC(CC)(CCl)Nc1nccnc1C. The van der Waals surface area contributed by atoms with Crippen molar-refractivity contribution in [2.45, 2.75) is 39.2 Å². The predicted octanol–water partition coefficient (Wildman–Crippen LogP) is 2.99. The van der Waals surface area contributed by atoms with Gasteiger partial charge in [0.05, 0.1) is 11.2 Å². The molecule has 0 amide bonds. The van der Waals surface area contributed by atoms with Gasteiger partial charge in [-0.25, -0.2) is 4.98 Å². The molecule has 1 heterocycles. The van der Waals surface area contributed by atoms with E-state index < -0.39 is 0 Å². The second-order valence-electron chi connectivity index (χ2n) is 3.74. The summed E-state index contributed by atoms with van der Waals surface area (Å²) in [7, 11) is 0. The molecule has 15 heavy (non-hydrogen) atoms. The minimum atomic E-state index is -0.0671. The van der Waals surface area contributed by atoms with Crippen LogP contribution in [-0.4, -0.2) is 21.4 Å². The molecule has 0 spiro atoms. The minimum absolute atomic E-state index is 0.0671. The Labute approximate surface area is 96.3 Å². The van der Waals surface area contributed by atoms with E-state index in [1.165, 1.54) is 0 Å². The fourth-order valence-electron chi connectivity index (χ4n) is 1.43. The lowest BCUT2D eigenvalue weighted by molar-refractivity contribution is 0.482. The topological polar surface area (TPSA) is 37.8 Å². The van der Waals surface area contributed by atoms with Crippen LogP contribution >= 0.6 is 11.6 Å². The molecule has 0 aromatic carbocycles. The molecule has 0 atom stereocenters. The molecule has 0 fully saturated rings. The second kappa shape index (κ2) is 5.31. The van der Waals surface area contributed by atoms with Gasteiger partial charge in [-0.15, -0.1) is 11.6 Å². The summed E-state index contributed by atoms with van der Waals surface area (Å²) < 4.78 is 0. The number of aryl methyl sites for hydroxylation is 1. The first-order valence-corrected chi connectivity index (χ1v) is 5.82. The van der Waals surface area contributed by atoms with E-state index in [1.807, 2.05) is 6.92 Å². The summed E-state index contributed by atoms with van der Waals surface area (Å²) in [5.74, 6) is 1.41. The lowest BCUT2D eigenvalue weighted by Crippen LogP contribution is -2.39. The van der Waals surface area contributed by atoms with Crippen LogP contribution in [0.5, 0.6) is 0 Å². The summed E-state index contributed by atoms with van der Waals surface area (Å²) in [6.07, 6.45) is 5.34. The zero-order valence-electron chi connectivity index (χ0n) is 9.55. The van der Waals surface area contributed by atoms with E-state index in [9.17, 15) is 0 Å². The Balaban J connectivity index is 2.88. The summed E-state index contributed by atoms with van der Waals surface area (Å²) in [6, 6.07) is 0. The first kappa shape index (κ1) is 12.2. The Kier molecular flexibility index (Phi) is 4.33. The third-order valence-corrected chi connectivity index (χ3v) is 3.39. The van der Waals surface area contributed by atoms with Crippen LogP contribution in [0.4, 0.5) is 5.82 Å². The van der Waals surface area contributed by atoms with Gasteiger partial charge in [0.15, 0.2) is 0 Å². The average molecular weight is 228 g/mol. The number of anilines is 1. The van der Waals surface area contributed by atoms with Gasteiger partial charge in [0, 0.05) is 18.3 Å². The maximum atomic E-state index is 6.02. The number of nitrogens with one attached hydrogen (secondary N) is 1. The van der Waals surface area contributed by atoms with Crippen LogP contribution in [0.2, 0.25) is 0 Å². The number of aromatic nitrogens is 2. The summed E-state index contributed by atoms with van der Waals surface area (Å²) in [5.41, 5.74) is 0.844. The molecule has 4 heteroatoms. The molecule has 0 aliphatic rings. The number of alkyl halides is 1. The van der Waals surface area contributed by atoms with E-state index in [0.717, 1.165) is 24.4 Å². The van der Waals surface area contributed by atoms with E-state index in [1.54, 1.807) is 12.4 Å². The van der Waals surface area contributed by atoms with Gasteiger partial charge in [0.1, 0.15) is 5.82 Å². The largest absolute Gasteiger partial charge is 0.362 e. The normalized spacial score (nSPS) is 11.5. The zero-order valence-corrected chi connectivity index (χ0v) is 10.3. The van der Waals surface area contributed by atoms with Crippen LogP contribution in [0.15, 0.2) is 12.4 Å². The van der Waals surface area contributed by atoms with Crippen molar-refractivity contribution in [3.8, 4) is 0 Å². The number of hydrogen-bond donors (Lipinski definition) is 1. The van der Waals surface area contributed by atoms with E-state index in [-0.39, 0.29) is 5.54 Å². The highest BCUT2D eigenvalue weighted by Crippen LogP contribution is 2.23. The molecule has 1 aromatic rings. The van der Waals surface area contributed by atoms with Crippen molar-refractivity contribution in [3.05, 3.63) is 18.1 Å². The van der Waals surface area contributed by atoms with Crippen LogP contribution in [0.25, 0.3) is 0 Å². The van der Waals surface area contributed by atoms with Gasteiger partial charge in [-0.2, -0.15) is 0 Å². The maximum absolute atomic E-state index is 6.02. The highest BCUT2D eigenvalue weighted by atomic mass is 35.5. The van der Waals surface area contributed by atoms with Crippen molar-refractivity contribution in [3.63, 3.8) is 0 Å². The quantitative estimate of drug-likeness (QED) is 0.786.